The second-order valence-electron chi connectivity index (χ2n) is 3.11. The van der Waals surface area contributed by atoms with E-state index in [1.54, 1.807) is 0 Å². The highest BCUT2D eigenvalue weighted by molar-refractivity contribution is 5.49. The molecule has 2 heterocycles. The van der Waals surface area contributed by atoms with Gasteiger partial charge in [0.05, 0.1) is 12.2 Å². The van der Waals surface area contributed by atoms with Crippen molar-refractivity contribution in [2.75, 3.05) is 19.0 Å². The van der Waals surface area contributed by atoms with E-state index in [9.17, 15) is 0 Å². The van der Waals surface area contributed by atoms with Gasteiger partial charge in [0, 0.05) is 7.05 Å². The summed E-state index contributed by atoms with van der Waals surface area (Å²) in [6.45, 7) is 2.64. The predicted molar refractivity (Wildman–Crippen MR) is 50.1 cm³/mol. The quantitative estimate of drug-likeness (QED) is 0.702. The summed E-state index contributed by atoms with van der Waals surface area (Å²) in [6, 6.07) is 0. The molecule has 0 spiro atoms. The molecule has 0 unspecified atom stereocenters. The van der Waals surface area contributed by atoms with E-state index in [0.29, 0.717) is 0 Å². The highest BCUT2D eigenvalue weighted by Crippen LogP contribution is 2.27. The van der Waals surface area contributed by atoms with Crippen molar-refractivity contribution in [3.05, 3.63) is 11.4 Å². The molecule has 1 aliphatic rings. The Morgan fingerprint density at radius 3 is 3.00 bits per heavy atom. The van der Waals surface area contributed by atoms with Crippen molar-refractivity contribution in [3.63, 3.8) is 0 Å². The third-order valence-corrected chi connectivity index (χ3v) is 2.13. The van der Waals surface area contributed by atoms with Crippen LogP contribution < -0.4 is 10.1 Å². The van der Waals surface area contributed by atoms with Gasteiger partial charge >= 0.3 is 0 Å². The smallest absolute Gasteiger partial charge is 0.222 e. The summed E-state index contributed by atoms with van der Waals surface area (Å²) < 4.78 is 5.46. The molecule has 70 valence electrons. The van der Waals surface area contributed by atoms with Crippen LogP contribution in [0.3, 0.4) is 0 Å². The maximum absolute atomic E-state index is 5.46. The fourth-order valence-corrected chi connectivity index (χ4v) is 1.54. The zero-order chi connectivity index (χ0) is 9.26. The normalized spacial score (nSPS) is 14.6. The molecule has 0 saturated carbocycles. The minimum absolute atomic E-state index is 0.753. The average Bonchev–Trinajstić information content (AvgIpc) is 2.16. The number of hydrogen-bond donors (Lipinski definition) is 1. The van der Waals surface area contributed by atoms with Crippen molar-refractivity contribution < 1.29 is 4.74 Å². The first kappa shape index (κ1) is 8.29. The topological polar surface area (TPSA) is 47.0 Å². The van der Waals surface area contributed by atoms with Gasteiger partial charge in [-0.1, -0.05) is 0 Å². The van der Waals surface area contributed by atoms with Gasteiger partial charge in [-0.3, -0.25) is 0 Å². The van der Waals surface area contributed by atoms with E-state index in [4.69, 9.17) is 4.74 Å². The van der Waals surface area contributed by atoms with Crippen LogP contribution in [0.15, 0.2) is 0 Å². The van der Waals surface area contributed by atoms with Crippen molar-refractivity contribution in [3.8, 4) is 5.88 Å². The Balaban J connectivity index is 2.50. The fourth-order valence-electron chi connectivity index (χ4n) is 1.54. The van der Waals surface area contributed by atoms with Gasteiger partial charge in [0.15, 0.2) is 0 Å². The van der Waals surface area contributed by atoms with Gasteiger partial charge < -0.3 is 10.1 Å². The third kappa shape index (κ3) is 1.43. The number of aryl methyl sites for hydroxylation is 1. The van der Waals surface area contributed by atoms with Gasteiger partial charge in [0.2, 0.25) is 5.88 Å². The van der Waals surface area contributed by atoms with Gasteiger partial charge in [-0.2, -0.15) is 4.98 Å². The van der Waals surface area contributed by atoms with E-state index in [1.807, 2.05) is 14.0 Å². The van der Waals surface area contributed by atoms with Crippen LogP contribution in [0.25, 0.3) is 0 Å². The number of anilines is 1. The summed E-state index contributed by atoms with van der Waals surface area (Å²) in [6.07, 6.45) is 2.06. The fraction of sp³-hybridized carbons (Fsp3) is 0.556. The lowest BCUT2D eigenvalue weighted by Gasteiger charge is -2.18. The standard InChI is InChI=1S/C9H13N3O/c1-6-11-8(10-2)7-4-3-5-13-9(7)12-6/h3-5H2,1-2H3,(H,10,11,12). The second-order valence-corrected chi connectivity index (χ2v) is 3.11. The molecule has 1 aromatic rings. The van der Waals surface area contributed by atoms with Crippen LogP contribution in [0.2, 0.25) is 0 Å². The highest BCUT2D eigenvalue weighted by Gasteiger charge is 2.16. The number of nitrogens with zero attached hydrogens (tertiary/aromatic N) is 2. The Labute approximate surface area is 77.4 Å². The predicted octanol–water partition coefficient (Wildman–Crippen LogP) is 1.15. The number of ether oxygens (including phenoxy) is 1. The van der Waals surface area contributed by atoms with Crippen LogP contribution in [0.5, 0.6) is 5.88 Å². The van der Waals surface area contributed by atoms with Crippen molar-refractivity contribution in [1.82, 2.24) is 9.97 Å². The van der Waals surface area contributed by atoms with Gasteiger partial charge in [-0.05, 0) is 19.8 Å². The molecule has 13 heavy (non-hydrogen) atoms. The SMILES string of the molecule is CNc1nc(C)nc2c1CCCO2. The van der Waals surface area contributed by atoms with Gasteiger partial charge in [-0.25, -0.2) is 4.98 Å². The average molecular weight is 179 g/mol. The molecule has 0 fully saturated rings. The van der Waals surface area contributed by atoms with Crippen molar-refractivity contribution in [2.45, 2.75) is 19.8 Å². The van der Waals surface area contributed by atoms with Crippen molar-refractivity contribution in [2.24, 2.45) is 0 Å². The summed E-state index contributed by atoms with van der Waals surface area (Å²) in [5.41, 5.74) is 1.11. The van der Waals surface area contributed by atoms with E-state index in [1.165, 1.54) is 0 Å². The first-order valence-corrected chi connectivity index (χ1v) is 4.49. The molecule has 4 nitrogen and oxygen atoms in total. The first-order valence-electron chi connectivity index (χ1n) is 4.49. The summed E-state index contributed by atoms with van der Waals surface area (Å²) in [4.78, 5) is 8.55. The Morgan fingerprint density at radius 1 is 1.38 bits per heavy atom. The lowest BCUT2D eigenvalue weighted by molar-refractivity contribution is 0.275. The van der Waals surface area contributed by atoms with Gasteiger partial charge in [0.25, 0.3) is 0 Å². The van der Waals surface area contributed by atoms with E-state index in [0.717, 1.165) is 42.5 Å². The van der Waals surface area contributed by atoms with Crippen LogP contribution >= 0.6 is 0 Å². The Bertz CT molecular complexity index is 308. The van der Waals surface area contributed by atoms with Crippen LogP contribution in [0.4, 0.5) is 5.82 Å². The van der Waals surface area contributed by atoms with E-state index < -0.39 is 0 Å². The summed E-state index contributed by atoms with van der Waals surface area (Å²) in [5, 5.41) is 3.06. The first-order chi connectivity index (χ1) is 6.31. The Hall–Kier alpha value is -1.32. The molecular formula is C9H13N3O. The number of hydrogen-bond acceptors (Lipinski definition) is 4. The molecule has 0 atom stereocenters. The van der Waals surface area contributed by atoms with Gasteiger partial charge in [0.1, 0.15) is 11.6 Å². The van der Waals surface area contributed by atoms with E-state index >= 15 is 0 Å². The van der Waals surface area contributed by atoms with Crippen LogP contribution in [-0.4, -0.2) is 23.6 Å². The number of aromatic nitrogens is 2. The highest BCUT2D eigenvalue weighted by atomic mass is 16.5. The molecular weight excluding hydrogens is 166 g/mol. The maximum atomic E-state index is 5.46. The van der Waals surface area contributed by atoms with Crippen LogP contribution in [-0.2, 0) is 6.42 Å². The number of rotatable bonds is 1. The minimum Gasteiger partial charge on any atom is -0.477 e. The zero-order valence-electron chi connectivity index (χ0n) is 7.92. The molecule has 4 heteroatoms. The molecule has 1 N–H and O–H groups in total. The summed E-state index contributed by atoms with van der Waals surface area (Å²) in [5.74, 6) is 2.41. The van der Waals surface area contributed by atoms with Crippen LogP contribution in [0.1, 0.15) is 17.8 Å². The summed E-state index contributed by atoms with van der Waals surface area (Å²) in [7, 11) is 1.87. The minimum atomic E-state index is 0.753. The van der Waals surface area contributed by atoms with E-state index in [-0.39, 0.29) is 0 Å². The second kappa shape index (κ2) is 3.20. The molecule has 2 rings (SSSR count). The lowest BCUT2D eigenvalue weighted by Crippen LogP contribution is -2.14. The summed E-state index contributed by atoms with van der Waals surface area (Å²) >= 11 is 0. The number of fused-ring (bicyclic) bond motifs is 1. The third-order valence-electron chi connectivity index (χ3n) is 2.13. The molecule has 0 saturated heterocycles. The maximum Gasteiger partial charge on any atom is 0.222 e. The van der Waals surface area contributed by atoms with Crippen LogP contribution in [0, 0.1) is 6.92 Å². The largest absolute Gasteiger partial charge is 0.477 e. The molecule has 0 aromatic carbocycles. The monoisotopic (exact) mass is 179 g/mol. The van der Waals surface area contributed by atoms with E-state index in [2.05, 4.69) is 15.3 Å². The van der Waals surface area contributed by atoms with Gasteiger partial charge in [-0.15, -0.1) is 0 Å². The lowest BCUT2D eigenvalue weighted by atomic mass is 10.1. The molecule has 1 aromatic heterocycles. The number of nitrogens with one attached hydrogen (secondary N) is 1. The Morgan fingerprint density at radius 2 is 2.23 bits per heavy atom. The molecule has 0 aliphatic carbocycles. The molecule has 0 amide bonds. The molecule has 0 radical (unpaired) electrons. The molecule has 1 aliphatic heterocycles. The molecule has 0 bridgehead atoms. The zero-order valence-corrected chi connectivity index (χ0v) is 7.92. The Kier molecular flexibility index (Phi) is 2.04. The van der Waals surface area contributed by atoms with Crippen molar-refractivity contribution >= 4 is 5.82 Å². The van der Waals surface area contributed by atoms with Crippen molar-refractivity contribution in [1.29, 1.82) is 0 Å².